The minimum atomic E-state index is -0.159. The Bertz CT molecular complexity index is 1250. The van der Waals surface area contributed by atoms with E-state index in [4.69, 9.17) is 14.2 Å². The van der Waals surface area contributed by atoms with E-state index < -0.39 is 0 Å². The van der Waals surface area contributed by atoms with E-state index in [1.807, 2.05) is 53.2 Å². The van der Waals surface area contributed by atoms with Gasteiger partial charge in [-0.05, 0) is 48.9 Å². The predicted octanol–water partition coefficient (Wildman–Crippen LogP) is 5.92. The predicted molar refractivity (Wildman–Crippen MR) is 136 cm³/mol. The molecule has 0 aliphatic carbocycles. The van der Waals surface area contributed by atoms with Crippen LogP contribution in [0.25, 0.3) is 21.8 Å². The first-order chi connectivity index (χ1) is 16.6. The van der Waals surface area contributed by atoms with Gasteiger partial charge in [-0.1, -0.05) is 6.92 Å². The van der Waals surface area contributed by atoms with Crippen molar-refractivity contribution in [2.24, 2.45) is 0 Å². The monoisotopic (exact) mass is 495 g/mol. The first kappa shape index (κ1) is 23.7. The number of nitrogens with zero attached hydrogens (tertiary/aromatic N) is 2. The van der Waals surface area contributed by atoms with Crippen LogP contribution in [0.5, 0.6) is 17.2 Å². The SMILES string of the molecule is CCCOc1ccc(-c2csc(NC(=O)Cc3csc(-c4ccc(OC)c(OC)c4)n3)n2)cc1. The molecule has 0 radical (unpaired) electrons. The average Bonchev–Trinajstić information content (AvgIpc) is 3.52. The molecule has 0 aliphatic heterocycles. The number of methoxy groups -OCH3 is 2. The lowest BCUT2D eigenvalue weighted by atomic mass is 10.2. The van der Waals surface area contributed by atoms with Gasteiger partial charge in [-0.2, -0.15) is 0 Å². The van der Waals surface area contributed by atoms with Gasteiger partial charge in [0.2, 0.25) is 5.91 Å². The van der Waals surface area contributed by atoms with Crippen molar-refractivity contribution in [3.63, 3.8) is 0 Å². The van der Waals surface area contributed by atoms with Crippen molar-refractivity contribution >= 4 is 33.7 Å². The van der Waals surface area contributed by atoms with Crippen molar-refractivity contribution in [1.29, 1.82) is 0 Å². The smallest absolute Gasteiger partial charge is 0.232 e. The van der Waals surface area contributed by atoms with Crippen LogP contribution in [0.15, 0.2) is 53.2 Å². The average molecular weight is 496 g/mol. The number of ether oxygens (including phenoxy) is 3. The Morgan fingerprint density at radius 2 is 1.71 bits per heavy atom. The Morgan fingerprint density at radius 3 is 2.44 bits per heavy atom. The Kier molecular flexibility index (Phi) is 7.76. The first-order valence-electron chi connectivity index (χ1n) is 10.7. The molecule has 2 aromatic heterocycles. The maximum absolute atomic E-state index is 12.6. The fourth-order valence-electron chi connectivity index (χ4n) is 3.22. The summed E-state index contributed by atoms with van der Waals surface area (Å²) in [6.07, 6.45) is 1.14. The molecule has 0 unspecified atom stereocenters. The standard InChI is InChI=1S/C25H25N3O4S2/c1-4-11-32-19-8-5-16(6-9-19)20-15-34-25(27-20)28-23(29)13-18-14-33-24(26-18)17-7-10-21(30-2)22(12-17)31-3/h5-10,12,14-15H,4,11,13H2,1-3H3,(H,27,28,29). The van der Waals surface area contributed by atoms with E-state index in [0.717, 1.165) is 34.0 Å². The van der Waals surface area contributed by atoms with Crippen LogP contribution in [-0.2, 0) is 11.2 Å². The maximum atomic E-state index is 12.6. The van der Waals surface area contributed by atoms with Crippen molar-refractivity contribution in [2.75, 3.05) is 26.1 Å². The number of rotatable bonds is 10. The molecule has 1 amide bonds. The topological polar surface area (TPSA) is 82.6 Å². The molecule has 0 aliphatic rings. The van der Waals surface area contributed by atoms with E-state index in [1.165, 1.54) is 22.7 Å². The number of carbonyl (C=O) groups is 1. The Labute approximate surface area is 206 Å². The van der Waals surface area contributed by atoms with Gasteiger partial charge in [0, 0.05) is 21.9 Å². The normalized spacial score (nSPS) is 10.7. The Balaban J connectivity index is 1.37. The van der Waals surface area contributed by atoms with E-state index in [2.05, 4.69) is 22.2 Å². The molecule has 0 fully saturated rings. The van der Waals surface area contributed by atoms with Crippen molar-refractivity contribution in [3.05, 3.63) is 58.9 Å². The molecule has 9 heteroatoms. The van der Waals surface area contributed by atoms with Crippen molar-refractivity contribution in [1.82, 2.24) is 9.97 Å². The molecular weight excluding hydrogens is 470 g/mol. The lowest BCUT2D eigenvalue weighted by Gasteiger charge is -2.08. The van der Waals surface area contributed by atoms with E-state index >= 15 is 0 Å². The number of benzene rings is 2. The molecule has 2 heterocycles. The number of nitrogens with one attached hydrogen (secondary N) is 1. The molecule has 4 rings (SSSR count). The lowest BCUT2D eigenvalue weighted by molar-refractivity contribution is -0.115. The molecule has 0 spiro atoms. The highest BCUT2D eigenvalue weighted by Gasteiger charge is 2.13. The summed E-state index contributed by atoms with van der Waals surface area (Å²) >= 11 is 2.87. The highest BCUT2D eigenvalue weighted by Crippen LogP contribution is 2.33. The van der Waals surface area contributed by atoms with Gasteiger partial charge in [-0.25, -0.2) is 9.97 Å². The summed E-state index contributed by atoms with van der Waals surface area (Å²) in [6, 6.07) is 13.4. The van der Waals surface area contributed by atoms with E-state index in [-0.39, 0.29) is 12.3 Å². The van der Waals surface area contributed by atoms with Gasteiger partial charge in [0.05, 0.1) is 38.6 Å². The van der Waals surface area contributed by atoms with Gasteiger partial charge >= 0.3 is 0 Å². The molecule has 34 heavy (non-hydrogen) atoms. The van der Waals surface area contributed by atoms with E-state index in [9.17, 15) is 4.79 Å². The molecule has 7 nitrogen and oxygen atoms in total. The molecule has 176 valence electrons. The Morgan fingerprint density at radius 1 is 0.941 bits per heavy atom. The number of carbonyl (C=O) groups excluding carboxylic acids is 1. The molecule has 2 aromatic carbocycles. The fourth-order valence-corrected chi connectivity index (χ4v) is 4.78. The van der Waals surface area contributed by atoms with Crippen LogP contribution >= 0.6 is 22.7 Å². The molecule has 4 aromatic rings. The van der Waals surface area contributed by atoms with Crippen LogP contribution in [0, 0.1) is 0 Å². The zero-order chi connectivity index (χ0) is 23.9. The van der Waals surface area contributed by atoms with Crippen LogP contribution in [0.2, 0.25) is 0 Å². The maximum Gasteiger partial charge on any atom is 0.232 e. The fraction of sp³-hybridized carbons (Fsp3) is 0.240. The minimum Gasteiger partial charge on any atom is -0.494 e. The number of thiazole rings is 2. The highest BCUT2D eigenvalue weighted by molar-refractivity contribution is 7.14. The number of aromatic nitrogens is 2. The summed E-state index contributed by atoms with van der Waals surface area (Å²) in [4.78, 5) is 21.7. The van der Waals surface area contributed by atoms with Gasteiger partial charge in [0.1, 0.15) is 10.8 Å². The van der Waals surface area contributed by atoms with Gasteiger partial charge in [0.15, 0.2) is 16.6 Å². The largest absolute Gasteiger partial charge is 0.494 e. The summed E-state index contributed by atoms with van der Waals surface area (Å²) in [5, 5.41) is 8.06. The van der Waals surface area contributed by atoms with Gasteiger partial charge in [-0.15, -0.1) is 22.7 Å². The van der Waals surface area contributed by atoms with Gasteiger partial charge in [-0.3, -0.25) is 4.79 Å². The molecular formula is C25H25N3O4S2. The van der Waals surface area contributed by atoms with Crippen LogP contribution in [0.3, 0.4) is 0 Å². The molecule has 1 N–H and O–H groups in total. The van der Waals surface area contributed by atoms with Crippen molar-refractivity contribution < 1.29 is 19.0 Å². The second-order valence-corrected chi connectivity index (χ2v) is 9.07. The highest BCUT2D eigenvalue weighted by atomic mass is 32.1. The Hall–Kier alpha value is -3.43. The zero-order valence-electron chi connectivity index (χ0n) is 19.2. The zero-order valence-corrected chi connectivity index (χ0v) is 20.8. The molecule has 0 saturated carbocycles. The summed E-state index contributed by atoms with van der Waals surface area (Å²) in [5.74, 6) is 1.97. The van der Waals surface area contributed by atoms with Crippen LogP contribution in [0.1, 0.15) is 19.0 Å². The van der Waals surface area contributed by atoms with Gasteiger partial charge < -0.3 is 19.5 Å². The third kappa shape index (κ3) is 5.73. The van der Waals surface area contributed by atoms with Crippen molar-refractivity contribution in [3.8, 4) is 39.1 Å². The summed E-state index contributed by atoms with van der Waals surface area (Å²) in [5.41, 5.74) is 3.39. The lowest BCUT2D eigenvalue weighted by Crippen LogP contribution is -2.14. The summed E-state index contributed by atoms with van der Waals surface area (Å²) < 4.78 is 16.3. The number of hydrogen-bond acceptors (Lipinski definition) is 8. The summed E-state index contributed by atoms with van der Waals surface area (Å²) in [7, 11) is 3.20. The number of hydrogen-bond donors (Lipinski definition) is 1. The quantitative estimate of drug-likeness (QED) is 0.294. The van der Waals surface area contributed by atoms with Crippen LogP contribution in [-0.4, -0.2) is 36.7 Å². The third-order valence-electron chi connectivity index (χ3n) is 4.90. The van der Waals surface area contributed by atoms with E-state index in [0.29, 0.717) is 28.9 Å². The second-order valence-electron chi connectivity index (χ2n) is 7.35. The van der Waals surface area contributed by atoms with E-state index in [1.54, 1.807) is 14.2 Å². The molecule has 0 saturated heterocycles. The molecule has 0 bridgehead atoms. The summed E-state index contributed by atoms with van der Waals surface area (Å²) in [6.45, 7) is 2.77. The molecule has 0 atom stereocenters. The minimum absolute atomic E-state index is 0.159. The first-order valence-corrected chi connectivity index (χ1v) is 12.5. The number of amides is 1. The van der Waals surface area contributed by atoms with Crippen molar-refractivity contribution in [2.45, 2.75) is 19.8 Å². The van der Waals surface area contributed by atoms with Crippen LogP contribution in [0.4, 0.5) is 5.13 Å². The van der Waals surface area contributed by atoms with Crippen LogP contribution < -0.4 is 19.5 Å². The second kappa shape index (κ2) is 11.1. The van der Waals surface area contributed by atoms with Gasteiger partial charge in [0.25, 0.3) is 0 Å². The third-order valence-corrected chi connectivity index (χ3v) is 6.60. The number of anilines is 1.